The van der Waals surface area contributed by atoms with Crippen molar-refractivity contribution >= 4 is 22.7 Å². The molecule has 3 aromatic rings. The average molecular weight is 420 g/mol. The van der Waals surface area contributed by atoms with Crippen molar-refractivity contribution in [1.82, 2.24) is 15.2 Å². The third-order valence-corrected chi connectivity index (χ3v) is 5.84. The van der Waals surface area contributed by atoms with Crippen LogP contribution in [0, 0.1) is 5.92 Å². The number of aromatic amines is 1. The van der Waals surface area contributed by atoms with Crippen molar-refractivity contribution in [2.45, 2.75) is 39.8 Å². The number of carbonyl (C=O) groups is 2. The van der Waals surface area contributed by atoms with Crippen molar-refractivity contribution in [1.29, 1.82) is 0 Å². The van der Waals surface area contributed by atoms with E-state index in [4.69, 9.17) is 4.74 Å². The van der Waals surface area contributed by atoms with Crippen LogP contribution in [0.2, 0.25) is 0 Å². The van der Waals surface area contributed by atoms with Gasteiger partial charge in [-0.1, -0.05) is 32.0 Å². The molecule has 0 fully saturated rings. The molecule has 0 bridgehead atoms. The molecule has 0 saturated heterocycles. The van der Waals surface area contributed by atoms with Gasteiger partial charge in [-0.25, -0.2) is 0 Å². The average Bonchev–Trinajstić information content (AvgIpc) is 3.15. The Morgan fingerprint density at radius 1 is 1.13 bits per heavy atom. The van der Waals surface area contributed by atoms with Gasteiger partial charge in [0.2, 0.25) is 5.91 Å². The van der Waals surface area contributed by atoms with Crippen molar-refractivity contribution < 1.29 is 14.3 Å². The highest BCUT2D eigenvalue weighted by Crippen LogP contribution is 2.28. The quantitative estimate of drug-likeness (QED) is 0.636. The zero-order valence-electron chi connectivity index (χ0n) is 18.3. The van der Waals surface area contributed by atoms with Crippen LogP contribution in [0.3, 0.4) is 0 Å². The molecule has 2 heterocycles. The predicted molar refractivity (Wildman–Crippen MR) is 121 cm³/mol. The van der Waals surface area contributed by atoms with Crippen LogP contribution in [0.5, 0.6) is 5.75 Å². The van der Waals surface area contributed by atoms with E-state index in [0.29, 0.717) is 25.3 Å². The van der Waals surface area contributed by atoms with E-state index in [-0.39, 0.29) is 17.7 Å². The summed E-state index contributed by atoms with van der Waals surface area (Å²) in [6.07, 6.45) is 0.785. The molecule has 1 unspecified atom stereocenters. The van der Waals surface area contributed by atoms with Gasteiger partial charge >= 0.3 is 0 Å². The van der Waals surface area contributed by atoms with Crippen LogP contribution in [0.15, 0.2) is 48.5 Å². The second-order valence-corrected chi connectivity index (χ2v) is 8.29. The predicted octanol–water partition coefficient (Wildman–Crippen LogP) is 3.91. The highest BCUT2D eigenvalue weighted by atomic mass is 16.5. The lowest BCUT2D eigenvalue weighted by molar-refractivity contribution is -0.135. The molecule has 2 N–H and O–H groups in total. The second-order valence-electron chi connectivity index (χ2n) is 8.29. The maximum atomic E-state index is 13.4. The molecule has 1 atom stereocenters. The van der Waals surface area contributed by atoms with E-state index in [0.717, 1.165) is 23.1 Å². The van der Waals surface area contributed by atoms with E-state index in [9.17, 15) is 9.59 Å². The highest BCUT2D eigenvalue weighted by molar-refractivity contribution is 5.98. The normalized spacial score (nSPS) is 14.4. The molecule has 162 valence electrons. The molecule has 0 radical (unpaired) electrons. The molecule has 0 spiro atoms. The fraction of sp³-hybridized carbons (Fsp3) is 0.360. The van der Waals surface area contributed by atoms with Gasteiger partial charge in [-0.3, -0.25) is 9.59 Å². The van der Waals surface area contributed by atoms with Crippen LogP contribution in [-0.2, 0) is 17.8 Å². The fourth-order valence-electron chi connectivity index (χ4n) is 4.16. The highest BCUT2D eigenvalue weighted by Gasteiger charge is 2.32. The Morgan fingerprint density at radius 2 is 1.87 bits per heavy atom. The fourth-order valence-corrected chi connectivity index (χ4v) is 4.16. The molecule has 2 amide bonds. The van der Waals surface area contributed by atoms with E-state index < -0.39 is 6.04 Å². The zero-order valence-corrected chi connectivity index (χ0v) is 18.3. The lowest BCUT2D eigenvalue weighted by Crippen LogP contribution is -2.52. The van der Waals surface area contributed by atoms with Gasteiger partial charge in [-0.05, 0) is 43.2 Å². The molecule has 0 aliphatic carbocycles. The maximum Gasteiger partial charge on any atom is 0.251 e. The molecule has 31 heavy (non-hydrogen) atoms. The summed E-state index contributed by atoms with van der Waals surface area (Å²) in [6, 6.07) is 14.6. The Labute approximate surface area is 182 Å². The number of hydrogen-bond acceptors (Lipinski definition) is 3. The Balaban J connectivity index is 1.49. The Hall–Kier alpha value is -3.28. The SMILES string of the molecule is CCOc1ccc(C(=O)NC(C(=O)N2CCc3[nH]c4ccccc4c3C2)C(C)C)cc1. The van der Waals surface area contributed by atoms with Crippen molar-refractivity contribution in [2.24, 2.45) is 5.92 Å². The number of ether oxygens (including phenoxy) is 1. The van der Waals surface area contributed by atoms with Gasteiger partial charge in [0, 0.05) is 47.2 Å². The monoisotopic (exact) mass is 419 g/mol. The molecule has 0 saturated carbocycles. The summed E-state index contributed by atoms with van der Waals surface area (Å²) < 4.78 is 5.43. The number of H-pyrrole nitrogens is 1. The molecule has 1 aliphatic heterocycles. The molecule has 1 aromatic heterocycles. The summed E-state index contributed by atoms with van der Waals surface area (Å²) in [6.45, 7) is 7.61. The van der Waals surface area contributed by atoms with E-state index in [1.54, 1.807) is 24.3 Å². The maximum absolute atomic E-state index is 13.4. The topological polar surface area (TPSA) is 74.4 Å². The Bertz CT molecular complexity index is 1090. The van der Waals surface area contributed by atoms with Crippen molar-refractivity contribution in [3.8, 4) is 5.75 Å². The van der Waals surface area contributed by atoms with Gasteiger partial charge < -0.3 is 19.9 Å². The Kier molecular flexibility index (Phi) is 5.98. The lowest BCUT2D eigenvalue weighted by atomic mass is 9.99. The van der Waals surface area contributed by atoms with Gasteiger partial charge in [-0.15, -0.1) is 0 Å². The smallest absolute Gasteiger partial charge is 0.251 e. The minimum Gasteiger partial charge on any atom is -0.494 e. The van der Waals surface area contributed by atoms with Crippen molar-refractivity contribution in [3.63, 3.8) is 0 Å². The van der Waals surface area contributed by atoms with Crippen LogP contribution in [0.1, 0.15) is 42.4 Å². The number of benzene rings is 2. The van der Waals surface area contributed by atoms with Gasteiger partial charge in [0.05, 0.1) is 6.61 Å². The number of para-hydroxylation sites is 1. The Morgan fingerprint density at radius 3 is 2.58 bits per heavy atom. The lowest BCUT2D eigenvalue weighted by Gasteiger charge is -2.32. The minimum absolute atomic E-state index is 0.0245. The third-order valence-electron chi connectivity index (χ3n) is 5.84. The van der Waals surface area contributed by atoms with E-state index >= 15 is 0 Å². The second kappa shape index (κ2) is 8.84. The molecule has 2 aromatic carbocycles. The first-order valence-corrected chi connectivity index (χ1v) is 10.9. The number of fused-ring (bicyclic) bond motifs is 3. The molecule has 6 heteroatoms. The molecule has 4 rings (SSSR count). The number of hydrogen-bond donors (Lipinski definition) is 2. The van der Waals surface area contributed by atoms with E-state index in [2.05, 4.69) is 22.4 Å². The first-order valence-electron chi connectivity index (χ1n) is 10.9. The van der Waals surface area contributed by atoms with Gasteiger partial charge in [0.1, 0.15) is 11.8 Å². The standard InChI is InChI=1S/C25H29N3O3/c1-4-31-18-11-9-17(10-12-18)24(29)27-23(16(2)3)25(30)28-14-13-22-20(15-28)19-7-5-6-8-21(19)26-22/h5-12,16,23,26H,4,13-15H2,1-3H3,(H,27,29). The third kappa shape index (κ3) is 4.29. The largest absolute Gasteiger partial charge is 0.494 e. The summed E-state index contributed by atoms with van der Waals surface area (Å²) in [5, 5.41) is 4.12. The molecule has 6 nitrogen and oxygen atoms in total. The van der Waals surface area contributed by atoms with Gasteiger partial charge in [0.25, 0.3) is 5.91 Å². The first-order chi connectivity index (χ1) is 15.0. The molecular weight excluding hydrogens is 390 g/mol. The van der Waals surface area contributed by atoms with Crippen molar-refractivity contribution in [2.75, 3.05) is 13.2 Å². The van der Waals surface area contributed by atoms with E-state index in [1.165, 1.54) is 11.3 Å². The summed E-state index contributed by atoms with van der Waals surface area (Å²) >= 11 is 0. The molecular formula is C25H29N3O3. The summed E-state index contributed by atoms with van der Waals surface area (Å²) in [5.74, 6) is 0.409. The summed E-state index contributed by atoms with van der Waals surface area (Å²) in [5.41, 5.74) is 3.99. The van der Waals surface area contributed by atoms with Crippen LogP contribution in [0.25, 0.3) is 10.9 Å². The van der Waals surface area contributed by atoms with Crippen LogP contribution >= 0.6 is 0 Å². The van der Waals surface area contributed by atoms with Crippen molar-refractivity contribution in [3.05, 3.63) is 65.4 Å². The van der Waals surface area contributed by atoms with Crippen LogP contribution in [0.4, 0.5) is 0 Å². The minimum atomic E-state index is -0.578. The van der Waals surface area contributed by atoms with Crippen LogP contribution in [-0.4, -0.2) is 40.9 Å². The number of amides is 2. The summed E-state index contributed by atoms with van der Waals surface area (Å²) in [7, 11) is 0. The van der Waals surface area contributed by atoms with Crippen LogP contribution < -0.4 is 10.1 Å². The zero-order chi connectivity index (χ0) is 22.0. The number of aromatic nitrogens is 1. The molecule has 1 aliphatic rings. The number of nitrogens with zero attached hydrogens (tertiary/aromatic N) is 1. The van der Waals surface area contributed by atoms with E-state index in [1.807, 2.05) is 37.8 Å². The number of carbonyl (C=O) groups excluding carboxylic acids is 2. The van der Waals surface area contributed by atoms with Gasteiger partial charge in [-0.2, -0.15) is 0 Å². The number of rotatable bonds is 6. The summed E-state index contributed by atoms with van der Waals surface area (Å²) in [4.78, 5) is 31.6. The van der Waals surface area contributed by atoms with Gasteiger partial charge in [0.15, 0.2) is 0 Å². The number of nitrogens with one attached hydrogen (secondary N) is 2. The first kappa shape index (κ1) is 21.0.